The molecule has 0 aliphatic rings. The van der Waals surface area contributed by atoms with Crippen molar-refractivity contribution in [3.05, 3.63) is 59.9 Å². The summed E-state index contributed by atoms with van der Waals surface area (Å²) in [5.74, 6) is -0.174. The van der Waals surface area contributed by atoms with E-state index >= 15 is 0 Å². The van der Waals surface area contributed by atoms with Gasteiger partial charge in [-0.2, -0.15) is 0 Å². The molecule has 0 radical (unpaired) electrons. The number of carbonyl (C=O) groups excluding carboxylic acids is 1. The van der Waals surface area contributed by atoms with E-state index in [4.69, 9.17) is 0 Å². The van der Waals surface area contributed by atoms with Gasteiger partial charge in [0.1, 0.15) is 0 Å². The summed E-state index contributed by atoms with van der Waals surface area (Å²) >= 11 is 0. The fourth-order valence-electron chi connectivity index (χ4n) is 1.88. The number of nitrogens with zero attached hydrogens (tertiary/aromatic N) is 1. The molecule has 21 heavy (non-hydrogen) atoms. The van der Waals surface area contributed by atoms with Crippen LogP contribution in [0.3, 0.4) is 0 Å². The van der Waals surface area contributed by atoms with E-state index in [0.717, 1.165) is 5.56 Å². The van der Waals surface area contributed by atoms with Crippen LogP contribution < -0.4 is 4.72 Å². The van der Waals surface area contributed by atoms with Crippen molar-refractivity contribution in [3.8, 4) is 0 Å². The van der Waals surface area contributed by atoms with E-state index in [1.165, 1.54) is 19.1 Å². The number of sulfonamides is 1. The van der Waals surface area contributed by atoms with Crippen LogP contribution in [0.4, 0.5) is 0 Å². The van der Waals surface area contributed by atoms with Crippen LogP contribution in [0.1, 0.15) is 35.8 Å². The molecule has 0 saturated heterocycles. The average Bonchev–Trinajstić information content (AvgIpc) is 2.48. The molecule has 6 heteroatoms. The van der Waals surface area contributed by atoms with Crippen molar-refractivity contribution >= 4 is 15.8 Å². The molecule has 0 bridgehead atoms. The molecule has 1 heterocycles. The molecular formula is C15H16N2O3S. The van der Waals surface area contributed by atoms with Crippen molar-refractivity contribution in [1.29, 1.82) is 0 Å². The smallest absolute Gasteiger partial charge is 0.241 e. The number of benzene rings is 1. The largest absolute Gasteiger partial charge is 0.295 e. The van der Waals surface area contributed by atoms with E-state index in [0.29, 0.717) is 5.56 Å². The van der Waals surface area contributed by atoms with Gasteiger partial charge < -0.3 is 0 Å². The summed E-state index contributed by atoms with van der Waals surface area (Å²) in [6, 6.07) is 9.12. The van der Waals surface area contributed by atoms with E-state index in [9.17, 15) is 13.2 Å². The van der Waals surface area contributed by atoms with E-state index in [2.05, 4.69) is 9.71 Å². The Morgan fingerprint density at radius 2 is 2.00 bits per heavy atom. The molecule has 2 rings (SSSR count). The first-order chi connectivity index (χ1) is 9.90. The van der Waals surface area contributed by atoms with Crippen LogP contribution in [0.5, 0.6) is 0 Å². The molecule has 1 aromatic carbocycles. The van der Waals surface area contributed by atoms with Gasteiger partial charge in [0.25, 0.3) is 0 Å². The van der Waals surface area contributed by atoms with Gasteiger partial charge in [-0.25, -0.2) is 13.1 Å². The number of ketones is 1. The molecule has 0 saturated carbocycles. The second-order valence-electron chi connectivity index (χ2n) is 4.71. The van der Waals surface area contributed by atoms with Crippen molar-refractivity contribution in [2.24, 2.45) is 0 Å². The molecule has 1 unspecified atom stereocenters. The zero-order valence-corrected chi connectivity index (χ0v) is 12.6. The maximum Gasteiger partial charge on any atom is 0.241 e. The minimum atomic E-state index is -3.69. The molecule has 1 aromatic heterocycles. The molecule has 0 spiro atoms. The van der Waals surface area contributed by atoms with Crippen molar-refractivity contribution in [1.82, 2.24) is 9.71 Å². The van der Waals surface area contributed by atoms with E-state index < -0.39 is 16.1 Å². The third kappa shape index (κ3) is 3.74. The topological polar surface area (TPSA) is 76.1 Å². The van der Waals surface area contributed by atoms with Crippen molar-refractivity contribution < 1.29 is 13.2 Å². The lowest BCUT2D eigenvalue weighted by Gasteiger charge is -2.14. The Balaban J connectivity index is 2.26. The first-order valence-corrected chi connectivity index (χ1v) is 7.92. The van der Waals surface area contributed by atoms with Crippen molar-refractivity contribution in [2.45, 2.75) is 24.8 Å². The van der Waals surface area contributed by atoms with Gasteiger partial charge in [0.15, 0.2) is 5.78 Å². The second kappa shape index (κ2) is 6.15. The van der Waals surface area contributed by atoms with Gasteiger partial charge in [-0.3, -0.25) is 9.78 Å². The lowest BCUT2D eigenvalue weighted by Crippen LogP contribution is -2.27. The van der Waals surface area contributed by atoms with Crippen LogP contribution in [0.15, 0.2) is 53.7 Å². The minimum absolute atomic E-state index is 0.0749. The molecule has 5 nitrogen and oxygen atoms in total. The fraction of sp³-hybridized carbons (Fsp3) is 0.200. The summed E-state index contributed by atoms with van der Waals surface area (Å²) < 4.78 is 27.3. The number of hydrogen-bond acceptors (Lipinski definition) is 4. The Labute approximate surface area is 124 Å². The van der Waals surface area contributed by atoms with E-state index in [1.807, 2.05) is 0 Å². The summed E-state index contributed by atoms with van der Waals surface area (Å²) in [5, 5.41) is 0. The Morgan fingerprint density at radius 1 is 1.24 bits per heavy atom. The number of pyridine rings is 1. The van der Waals surface area contributed by atoms with Gasteiger partial charge in [-0.05, 0) is 37.6 Å². The van der Waals surface area contributed by atoms with Crippen LogP contribution in [0.25, 0.3) is 0 Å². The molecule has 110 valence electrons. The molecule has 0 aliphatic carbocycles. The second-order valence-corrected chi connectivity index (χ2v) is 6.43. The van der Waals surface area contributed by atoms with Gasteiger partial charge >= 0.3 is 0 Å². The Morgan fingerprint density at radius 3 is 2.62 bits per heavy atom. The highest BCUT2D eigenvalue weighted by molar-refractivity contribution is 7.89. The first-order valence-electron chi connectivity index (χ1n) is 6.43. The Kier molecular flexibility index (Phi) is 4.50. The predicted molar refractivity (Wildman–Crippen MR) is 79.4 cm³/mol. The van der Waals surface area contributed by atoms with E-state index in [1.54, 1.807) is 43.6 Å². The molecule has 0 aliphatic heterocycles. The molecule has 0 amide bonds. The summed E-state index contributed by atoms with van der Waals surface area (Å²) in [6.07, 6.45) is 3.24. The van der Waals surface area contributed by atoms with Crippen LogP contribution >= 0.6 is 0 Å². The summed E-state index contributed by atoms with van der Waals surface area (Å²) in [6.45, 7) is 3.14. The highest BCUT2D eigenvalue weighted by Crippen LogP contribution is 2.17. The quantitative estimate of drug-likeness (QED) is 0.860. The van der Waals surface area contributed by atoms with Crippen LogP contribution in [0.2, 0.25) is 0 Å². The molecule has 1 atom stereocenters. The van der Waals surface area contributed by atoms with Gasteiger partial charge in [0.2, 0.25) is 10.0 Å². The Bertz CT molecular complexity index is 743. The predicted octanol–water partition coefficient (Wildman–Crippen LogP) is 2.32. The van der Waals surface area contributed by atoms with Crippen molar-refractivity contribution in [2.75, 3.05) is 0 Å². The molecular weight excluding hydrogens is 288 g/mol. The summed E-state index contributed by atoms with van der Waals surface area (Å²) in [4.78, 5) is 15.4. The third-order valence-electron chi connectivity index (χ3n) is 3.07. The number of hydrogen-bond donors (Lipinski definition) is 1. The summed E-state index contributed by atoms with van der Waals surface area (Å²) in [7, 11) is -3.69. The molecule has 1 N–H and O–H groups in total. The highest BCUT2D eigenvalue weighted by Gasteiger charge is 2.19. The Hall–Kier alpha value is -2.05. The average molecular weight is 304 g/mol. The number of rotatable bonds is 5. The molecule has 0 fully saturated rings. The van der Waals surface area contributed by atoms with Crippen LogP contribution in [-0.4, -0.2) is 19.2 Å². The normalized spacial score (nSPS) is 12.9. The standard InChI is InChI=1S/C15H16N2O3S/c1-11(14-6-4-8-16-10-14)17-21(19,20)15-7-3-5-13(9-15)12(2)18/h3-11,17H,1-2H3. The van der Waals surface area contributed by atoms with Crippen molar-refractivity contribution in [3.63, 3.8) is 0 Å². The number of Topliss-reactive ketones (excluding diaryl/α,β-unsaturated/α-hetero) is 1. The lowest BCUT2D eigenvalue weighted by atomic mass is 10.2. The number of aromatic nitrogens is 1. The molecule has 2 aromatic rings. The zero-order chi connectivity index (χ0) is 15.5. The monoisotopic (exact) mass is 304 g/mol. The van der Waals surface area contributed by atoms with Gasteiger partial charge in [-0.15, -0.1) is 0 Å². The van der Waals surface area contributed by atoms with Gasteiger partial charge in [-0.1, -0.05) is 18.2 Å². The van der Waals surface area contributed by atoms with E-state index in [-0.39, 0.29) is 10.7 Å². The van der Waals surface area contributed by atoms with Gasteiger partial charge in [0, 0.05) is 24.0 Å². The highest BCUT2D eigenvalue weighted by atomic mass is 32.2. The fourth-order valence-corrected chi connectivity index (χ4v) is 3.16. The maximum absolute atomic E-state index is 12.3. The van der Waals surface area contributed by atoms with Gasteiger partial charge in [0.05, 0.1) is 4.90 Å². The number of carbonyl (C=O) groups is 1. The lowest BCUT2D eigenvalue weighted by molar-refractivity contribution is 0.101. The SMILES string of the molecule is CC(=O)c1cccc(S(=O)(=O)NC(C)c2cccnc2)c1. The minimum Gasteiger partial charge on any atom is -0.295 e. The summed E-state index contributed by atoms with van der Waals surface area (Å²) in [5.41, 5.74) is 1.13. The first kappa shape index (κ1) is 15.3. The zero-order valence-electron chi connectivity index (χ0n) is 11.8. The van der Waals surface area contributed by atoms with Crippen LogP contribution in [-0.2, 0) is 10.0 Å². The maximum atomic E-state index is 12.3. The third-order valence-corrected chi connectivity index (χ3v) is 4.61. The van der Waals surface area contributed by atoms with Crippen LogP contribution in [0, 0.1) is 0 Å². The number of nitrogens with one attached hydrogen (secondary N) is 1.